The normalized spacial score (nSPS) is 23.1. The Hall–Kier alpha value is -1.85. The molecule has 1 aliphatic carbocycles. The lowest BCUT2D eigenvalue weighted by Crippen LogP contribution is -2.45. The number of hydrogen-bond donors (Lipinski definition) is 2. The molecule has 20 heavy (non-hydrogen) atoms. The molecule has 110 valence electrons. The smallest absolute Gasteiger partial charge is 0.289 e. The number of carbonyl (C=O) groups is 2. The number of nitrogens with zero attached hydrogens (tertiary/aromatic N) is 1. The Morgan fingerprint density at radius 3 is 2.55 bits per heavy atom. The Bertz CT molecular complexity index is 510. The van der Waals surface area contributed by atoms with Crippen LogP contribution in [0.4, 0.5) is 0 Å². The average molecular weight is 279 g/mol. The quantitative estimate of drug-likeness (QED) is 0.818. The van der Waals surface area contributed by atoms with Crippen LogP contribution < -0.4 is 11.1 Å². The molecule has 0 spiro atoms. The molecule has 6 nitrogen and oxygen atoms in total. The Balaban J connectivity index is 2.11. The maximum absolute atomic E-state index is 12.2. The van der Waals surface area contributed by atoms with Gasteiger partial charge in [0.15, 0.2) is 5.89 Å². The first-order chi connectivity index (χ1) is 9.49. The van der Waals surface area contributed by atoms with E-state index in [9.17, 15) is 9.59 Å². The lowest BCUT2D eigenvalue weighted by Gasteiger charge is -2.23. The van der Waals surface area contributed by atoms with Crippen LogP contribution >= 0.6 is 0 Å². The summed E-state index contributed by atoms with van der Waals surface area (Å²) in [6.07, 6.45) is 4.53. The fraction of sp³-hybridized carbons (Fsp3) is 0.643. The van der Waals surface area contributed by atoms with Crippen molar-refractivity contribution in [2.45, 2.75) is 52.0 Å². The van der Waals surface area contributed by atoms with E-state index in [2.05, 4.69) is 10.3 Å². The predicted octanol–water partition coefficient (Wildman–Crippen LogP) is 1.46. The molecule has 1 aromatic heterocycles. The minimum absolute atomic E-state index is 0.215. The second kappa shape index (κ2) is 6.07. The van der Waals surface area contributed by atoms with E-state index in [-0.39, 0.29) is 29.5 Å². The van der Waals surface area contributed by atoms with Crippen LogP contribution in [0.15, 0.2) is 4.42 Å². The molecule has 2 rings (SSSR count). The molecule has 1 saturated carbocycles. The van der Waals surface area contributed by atoms with Crippen molar-refractivity contribution in [3.05, 3.63) is 17.3 Å². The van der Waals surface area contributed by atoms with Gasteiger partial charge in [0.25, 0.3) is 5.91 Å². The summed E-state index contributed by atoms with van der Waals surface area (Å²) in [5, 5.41) is 2.89. The molecule has 1 fully saturated rings. The molecule has 0 saturated heterocycles. The van der Waals surface area contributed by atoms with Crippen molar-refractivity contribution in [3.63, 3.8) is 0 Å². The number of aromatic nitrogens is 1. The Morgan fingerprint density at radius 1 is 1.25 bits per heavy atom. The van der Waals surface area contributed by atoms with Crippen molar-refractivity contribution in [1.82, 2.24) is 10.3 Å². The lowest BCUT2D eigenvalue weighted by atomic mass is 9.94. The van der Waals surface area contributed by atoms with Gasteiger partial charge in [0, 0.05) is 13.0 Å². The number of amides is 2. The Kier molecular flexibility index (Phi) is 4.42. The molecule has 0 unspecified atom stereocenters. The van der Waals surface area contributed by atoms with Gasteiger partial charge >= 0.3 is 0 Å². The van der Waals surface area contributed by atoms with E-state index >= 15 is 0 Å². The predicted molar refractivity (Wildman–Crippen MR) is 73.0 cm³/mol. The molecule has 2 atom stereocenters. The molecule has 6 heteroatoms. The Labute approximate surface area is 118 Å². The first-order valence-electron chi connectivity index (χ1n) is 7.03. The zero-order valence-electron chi connectivity index (χ0n) is 11.9. The first kappa shape index (κ1) is 14.6. The van der Waals surface area contributed by atoms with E-state index in [1.54, 1.807) is 13.8 Å². The van der Waals surface area contributed by atoms with Gasteiger partial charge in [-0.05, 0) is 19.8 Å². The van der Waals surface area contributed by atoms with Gasteiger partial charge in [0.1, 0.15) is 0 Å². The fourth-order valence-corrected chi connectivity index (χ4v) is 2.80. The van der Waals surface area contributed by atoms with E-state index < -0.39 is 0 Å². The summed E-state index contributed by atoms with van der Waals surface area (Å²) in [6.45, 7) is 3.42. The number of nitrogens with one attached hydrogen (secondary N) is 1. The topological polar surface area (TPSA) is 98.2 Å². The largest absolute Gasteiger partial charge is 0.436 e. The van der Waals surface area contributed by atoms with Crippen LogP contribution in [0.2, 0.25) is 0 Å². The third-order valence-electron chi connectivity index (χ3n) is 3.81. The highest BCUT2D eigenvalue weighted by atomic mass is 16.4. The first-order valence-corrected chi connectivity index (χ1v) is 7.03. The standard InChI is InChI=1S/C14H21N3O3/c1-8-12(20-9(2)16-8)14(19)17-11-7-5-3-4-6-10(11)13(15)18/h10-11H,3-7H2,1-2H3,(H2,15,18)(H,17,19)/t10-,11-/m1/s1. The van der Waals surface area contributed by atoms with Crippen molar-refractivity contribution in [2.24, 2.45) is 11.7 Å². The van der Waals surface area contributed by atoms with Crippen LogP contribution in [0.3, 0.4) is 0 Å². The number of carbonyl (C=O) groups excluding carboxylic acids is 2. The van der Waals surface area contributed by atoms with Crippen molar-refractivity contribution < 1.29 is 14.0 Å². The summed E-state index contributed by atoms with van der Waals surface area (Å²) in [5.74, 6) is -0.287. The zero-order chi connectivity index (χ0) is 14.7. The number of nitrogens with two attached hydrogens (primary N) is 1. The van der Waals surface area contributed by atoms with E-state index in [0.29, 0.717) is 11.6 Å². The second-order valence-corrected chi connectivity index (χ2v) is 5.37. The van der Waals surface area contributed by atoms with Gasteiger partial charge in [-0.3, -0.25) is 9.59 Å². The minimum Gasteiger partial charge on any atom is -0.436 e. The molecular formula is C14H21N3O3. The van der Waals surface area contributed by atoms with E-state index in [4.69, 9.17) is 10.2 Å². The maximum Gasteiger partial charge on any atom is 0.289 e. The summed E-state index contributed by atoms with van der Waals surface area (Å²) < 4.78 is 5.31. The van der Waals surface area contributed by atoms with Gasteiger partial charge in [-0.25, -0.2) is 4.98 Å². The second-order valence-electron chi connectivity index (χ2n) is 5.37. The molecule has 3 N–H and O–H groups in total. The molecule has 1 aromatic rings. The van der Waals surface area contributed by atoms with Crippen molar-refractivity contribution >= 4 is 11.8 Å². The third kappa shape index (κ3) is 3.18. The zero-order valence-corrected chi connectivity index (χ0v) is 11.9. The van der Waals surface area contributed by atoms with Crippen LogP contribution in [-0.4, -0.2) is 22.8 Å². The number of primary amides is 1. The highest BCUT2D eigenvalue weighted by molar-refractivity contribution is 5.93. The van der Waals surface area contributed by atoms with Crippen LogP contribution in [0.25, 0.3) is 0 Å². The van der Waals surface area contributed by atoms with Gasteiger partial charge in [-0.2, -0.15) is 0 Å². The maximum atomic E-state index is 12.2. The minimum atomic E-state index is -0.345. The molecule has 1 heterocycles. The molecule has 2 amide bonds. The SMILES string of the molecule is Cc1nc(C)c(C(=O)N[C@@H]2CCCCC[C@H]2C(N)=O)o1. The van der Waals surface area contributed by atoms with Crippen LogP contribution in [0.1, 0.15) is 54.2 Å². The van der Waals surface area contributed by atoms with Gasteiger partial charge in [0.2, 0.25) is 11.7 Å². The summed E-state index contributed by atoms with van der Waals surface area (Å²) in [5.41, 5.74) is 6.01. The lowest BCUT2D eigenvalue weighted by molar-refractivity contribution is -0.122. The van der Waals surface area contributed by atoms with Gasteiger partial charge in [-0.15, -0.1) is 0 Å². The molecule has 1 aliphatic rings. The van der Waals surface area contributed by atoms with Gasteiger partial charge < -0.3 is 15.5 Å². The Morgan fingerprint density at radius 2 is 1.95 bits per heavy atom. The van der Waals surface area contributed by atoms with Crippen molar-refractivity contribution in [2.75, 3.05) is 0 Å². The molecule has 0 bridgehead atoms. The van der Waals surface area contributed by atoms with Gasteiger partial charge in [0.05, 0.1) is 11.6 Å². The molecule has 0 aliphatic heterocycles. The van der Waals surface area contributed by atoms with Crippen LogP contribution in [0.5, 0.6) is 0 Å². The van der Waals surface area contributed by atoms with E-state index in [0.717, 1.165) is 32.1 Å². The van der Waals surface area contributed by atoms with Crippen LogP contribution in [0, 0.1) is 19.8 Å². The monoisotopic (exact) mass is 279 g/mol. The van der Waals surface area contributed by atoms with Crippen LogP contribution in [-0.2, 0) is 4.79 Å². The average Bonchev–Trinajstić information content (AvgIpc) is 2.60. The summed E-state index contributed by atoms with van der Waals surface area (Å²) in [7, 11) is 0. The highest BCUT2D eigenvalue weighted by Gasteiger charge is 2.30. The number of hydrogen-bond acceptors (Lipinski definition) is 4. The number of rotatable bonds is 3. The highest BCUT2D eigenvalue weighted by Crippen LogP contribution is 2.24. The van der Waals surface area contributed by atoms with E-state index in [1.165, 1.54) is 0 Å². The van der Waals surface area contributed by atoms with E-state index in [1.807, 2.05) is 0 Å². The molecule has 0 radical (unpaired) electrons. The number of aryl methyl sites for hydroxylation is 2. The van der Waals surface area contributed by atoms with Crippen molar-refractivity contribution in [1.29, 1.82) is 0 Å². The summed E-state index contributed by atoms with van der Waals surface area (Å²) >= 11 is 0. The van der Waals surface area contributed by atoms with Crippen molar-refractivity contribution in [3.8, 4) is 0 Å². The molecule has 0 aromatic carbocycles. The molecular weight excluding hydrogens is 258 g/mol. The third-order valence-corrected chi connectivity index (χ3v) is 3.81. The van der Waals surface area contributed by atoms with Gasteiger partial charge in [-0.1, -0.05) is 19.3 Å². The fourth-order valence-electron chi connectivity index (χ4n) is 2.80. The number of oxazole rings is 1. The summed E-state index contributed by atoms with van der Waals surface area (Å²) in [6, 6.07) is -0.215. The summed E-state index contributed by atoms with van der Waals surface area (Å²) in [4.78, 5) is 27.9.